The van der Waals surface area contributed by atoms with Gasteiger partial charge < -0.3 is 5.32 Å². The lowest BCUT2D eigenvalue weighted by molar-refractivity contribution is -0.119. The van der Waals surface area contributed by atoms with Gasteiger partial charge in [0.2, 0.25) is 5.91 Å². The van der Waals surface area contributed by atoms with E-state index in [4.69, 9.17) is 4.98 Å². The molecule has 0 saturated carbocycles. The van der Waals surface area contributed by atoms with Crippen LogP contribution in [0.4, 0.5) is 0 Å². The molecule has 2 heterocycles. The number of aryl methyl sites for hydroxylation is 2. The first-order chi connectivity index (χ1) is 12.0. The molecule has 1 N–H and O–H groups in total. The lowest BCUT2D eigenvalue weighted by Crippen LogP contribution is -2.33. The van der Waals surface area contributed by atoms with Crippen molar-refractivity contribution in [1.29, 1.82) is 0 Å². The number of carbonyl (C=O) groups is 1. The highest BCUT2D eigenvalue weighted by atomic mass is 32.2. The summed E-state index contributed by atoms with van der Waals surface area (Å²) in [6, 6.07) is 0.168. The standard InChI is InChI=1S/C18H25N3O2S2/c1-4-11(3)19-14(22)10-24-18-20-16-15(17(23)21(18)5-2)12-8-6-7-9-13(12)25-16/h11H,4-10H2,1-3H3,(H,19,22)/t11-/m1/s1. The van der Waals surface area contributed by atoms with Crippen LogP contribution < -0.4 is 10.9 Å². The zero-order chi connectivity index (χ0) is 18.0. The van der Waals surface area contributed by atoms with Gasteiger partial charge in [-0.3, -0.25) is 14.2 Å². The number of aromatic nitrogens is 2. The summed E-state index contributed by atoms with van der Waals surface area (Å²) in [5, 5.41) is 4.42. The van der Waals surface area contributed by atoms with Crippen LogP contribution >= 0.6 is 23.1 Å². The second kappa shape index (κ2) is 7.91. The van der Waals surface area contributed by atoms with Gasteiger partial charge in [0.1, 0.15) is 4.83 Å². The Morgan fingerprint density at radius 3 is 2.84 bits per heavy atom. The van der Waals surface area contributed by atoms with Gasteiger partial charge in [0.15, 0.2) is 5.16 Å². The number of amides is 1. The molecule has 5 nitrogen and oxygen atoms in total. The maximum Gasteiger partial charge on any atom is 0.263 e. The molecule has 25 heavy (non-hydrogen) atoms. The molecule has 0 unspecified atom stereocenters. The summed E-state index contributed by atoms with van der Waals surface area (Å²) in [5.74, 6) is 0.273. The summed E-state index contributed by atoms with van der Waals surface area (Å²) in [7, 11) is 0. The number of thioether (sulfide) groups is 1. The number of nitrogens with zero attached hydrogens (tertiary/aromatic N) is 2. The summed E-state index contributed by atoms with van der Waals surface area (Å²) in [6.07, 6.45) is 5.29. The molecule has 0 fully saturated rings. The highest BCUT2D eigenvalue weighted by molar-refractivity contribution is 7.99. The molecule has 1 atom stereocenters. The van der Waals surface area contributed by atoms with E-state index < -0.39 is 0 Å². The molecular formula is C18H25N3O2S2. The smallest absolute Gasteiger partial charge is 0.263 e. The van der Waals surface area contributed by atoms with Gasteiger partial charge in [-0.1, -0.05) is 18.7 Å². The van der Waals surface area contributed by atoms with Gasteiger partial charge >= 0.3 is 0 Å². The minimum absolute atomic E-state index is 0.0122. The van der Waals surface area contributed by atoms with Crippen molar-refractivity contribution in [1.82, 2.24) is 14.9 Å². The first-order valence-corrected chi connectivity index (χ1v) is 10.8. The Balaban J connectivity index is 1.90. The van der Waals surface area contributed by atoms with E-state index in [0.29, 0.717) is 11.7 Å². The third-order valence-electron chi connectivity index (χ3n) is 4.71. The average molecular weight is 380 g/mol. The molecule has 2 aromatic rings. The number of rotatable bonds is 6. The van der Waals surface area contributed by atoms with Crippen molar-refractivity contribution in [2.75, 3.05) is 5.75 Å². The van der Waals surface area contributed by atoms with Crippen molar-refractivity contribution >= 4 is 39.2 Å². The van der Waals surface area contributed by atoms with E-state index in [1.165, 1.54) is 28.6 Å². The molecule has 3 rings (SSSR count). The van der Waals surface area contributed by atoms with Crippen LogP contribution in [0.15, 0.2) is 9.95 Å². The summed E-state index contributed by atoms with van der Waals surface area (Å²) in [4.78, 5) is 32.0. The van der Waals surface area contributed by atoms with Gasteiger partial charge in [0.05, 0.1) is 11.1 Å². The van der Waals surface area contributed by atoms with Crippen LogP contribution in [-0.2, 0) is 24.2 Å². The molecule has 1 amide bonds. The van der Waals surface area contributed by atoms with E-state index in [1.54, 1.807) is 15.9 Å². The van der Waals surface area contributed by atoms with E-state index in [0.717, 1.165) is 35.9 Å². The van der Waals surface area contributed by atoms with Crippen molar-refractivity contribution in [3.8, 4) is 0 Å². The summed E-state index contributed by atoms with van der Waals surface area (Å²) in [6.45, 7) is 6.56. The maximum absolute atomic E-state index is 13.0. The molecular weight excluding hydrogens is 354 g/mol. The van der Waals surface area contributed by atoms with Crippen LogP contribution in [0.1, 0.15) is 50.5 Å². The van der Waals surface area contributed by atoms with Crippen LogP contribution in [0.25, 0.3) is 10.2 Å². The molecule has 0 aliphatic heterocycles. The number of fused-ring (bicyclic) bond motifs is 3. The summed E-state index contributed by atoms with van der Waals surface area (Å²) in [5.41, 5.74) is 1.27. The van der Waals surface area contributed by atoms with Crippen LogP contribution in [0, 0.1) is 0 Å². The van der Waals surface area contributed by atoms with Gasteiger partial charge in [-0.05, 0) is 51.5 Å². The molecule has 0 bridgehead atoms. The fraction of sp³-hybridized carbons (Fsp3) is 0.611. The first-order valence-electron chi connectivity index (χ1n) is 9.02. The van der Waals surface area contributed by atoms with Crippen LogP contribution in [-0.4, -0.2) is 27.3 Å². The molecule has 0 aromatic carbocycles. The SMILES string of the molecule is CC[C@@H](C)NC(=O)CSc1nc2sc3c(c2c(=O)n1CC)CCCC3. The molecule has 2 aromatic heterocycles. The molecule has 1 aliphatic carbocycles. The number of hydrogen-bond acceptors (Lipinski definition) is 5. The third-order valence-corrected chi connectivity index (χ3v) is 6.87. The average Bonchev–Trinajstić information content (AvgIpc) is 2.98. The predicted molar refractivity (Wildman–Crippen MR) is 105 cm³/mol. The molecule has 1 aliphatic rings. The summed E-state index contributed by atoms with van der Waals surface area (Å²) < 4.78 is 1.71. The normalized spacial score (nSPS) is 15.2. The minimum Gasteiger partial charge on any atom is -0.353 e. The zero-order valence-corrected chi connectivity index (χ0v) is 16.7. The van der Waals surface area contributed by atoms with E-state index in [9.17, 15) is 9.59 Å². The Hall–Kier alpha value is -1.34. The number of carbonyl (C=O) groups excluding carboxylic acids is 1. The lowest BCUT2D eigenvalue weighted by atomic mass is 9.97. The van der Waals surface area contributed by atoms with Gasteiger partial charge in [0, 0.05) is 17.5 Å². The van der Waals surface area contributed by atoms with Crippen molar-refractivity contribution in [2.45, 2.75) is 70.6 Å². The highest BCUT2D eigenvalue weighted by Crippen LogP contribution is 2.34. The molecule has 7 heteroatoms. The Morgan fingerprint density at radius 1 is 1.36 bits per heavy atom. The predicted octanol–water partition coefficient (Wildman–Crippen LogP) is 3.36. The first kappa shape index (κ1) is 18.5. The van der Waals surface area contributed by atoms with E-state index in [2.05, 4.69) is 5.32 Å². The quantitative estimate of drug-likeness (QED) is 0.617. The second-order valence-corrected chi connectivity index (χ2v) is 8.53. The second-order valence-electron chi connectivity index (χ2n) is 6.50. The van der Waals surface area contributed by atoms with Gasteiger partial charge in [-0.15, -0.1) is 11.3 Å². The third kappa shape index (κ3) is 3.77. The van der Waals surface area contributed by atoms with Crippen molar-refractivity contribution < 1.29 is 4.79 Å². The van der Waals surface area contributed by atoms with Crippen molar-refractivity contribution in [3.05, 3.63) is 20.8 Å². The highest BCUT2D eigenvalue weighted by Gasteiger charge is 2.22. The zero-order valence-electron chi connectivity index (χ0n) is 15.1. The molecule has 136 valence electrons. The van der Waals surface area contributed by atoms with Gasteiger partial charge in [-0.25, -0.2) is 4.98 Å². The monoisotopic (exact) mass is 379 g/mol. The Bertz CT molecular complexity index is 841. The molecule has 0 saturated heterocycles. The van der Waals surface area contributed by atoms with E-state index in [-0.39, 0.29) is 23.3 Å². The van der Waals surface area contributed by atoms with E-state index >= 15 is 0 Å². The van der Waals surface area contributed by atoms with E-state index in [1.807, 2.05) is 20.8 Å². The van der Waals surface area contributed by atoms with Crippen LogP contribution in [0.2, 0.25) is 0 Å². The lowest BCUT2D eigenvalue weighted by Gasteiger charge is -2.13. The Kier molecular flexibility index (Phi) is 5.84. The maximum atomic E-state index is 13.0. The molecule has 0 radical (unpaired) electrons. The fourth-order valence-corrected chi connectivity index (χ4v) is 5.33. The number of hydrogen-bond donors (Lipinski definition) is 1. The van der Waals surface area contributed by atoms with Gasteiger partial charge in [0.25, 0.3) is 5.56 Å². The fourth-order valence-electron chi connectivity index (χ4n) is 3.16. The topological polar surface area (TPSA) is 64.0 Å². The van der Waals surface area contributed by atoms with Gasteiger partial charge in [-0.2, -0.15) is 0 Å². The number of thiophene rings is 1. The van der Waals surface area contributed by atoms with Crippen LogP contribution in [0.3, 0.4) is 0 Å². The van der Waals surface area contributed by atoms with Crippen molar-refractivity contribution in [3.63, 3.8) is 0 Å². The van der Waals surface area contributed by atoms with Crippen molar-refractivity contribution in [2.24, 2.45) is 0 Å². The number of nitrogens with one attached hydrogen (secondary N) is 1. The molecule has 0 spiro atoms. The Morgan fingerprint density at radius 2 is 2.12 bits per heavy atom. The Labute approximate surface area is 156 Å². The van der Waals surface area contributed by atoms with Crippen LogP contribution in [0.5, 0.6) is 0 Å². The minimum atomic E-state index is -0.0122. The summed E-state index contributed by atoms with van der Waals surface area (Å²) >= 11 is 3.01. The largest absolute Gasteiger partial charge is 0.353 e.